The lowest BCUT2D eigenvalue weighted by atomic mass is 10.2. The van der Waals surface area contributed by atoms with Gasteiger partial charge in [-0.25, -0.2) is 5.43 Å². The molecule has 0 heterocycles. The highest BCUT2D eigenvalue weighted by molar-refractivity contribution is 9.10. The van der Waals surface area contributed by atoms with E-state index in [1.165, 1.54) is 0 Å². The molecule has 0 aliphatic carbocycles. The van der Waals surface area contributed by atoms with E-state index in [1.807, 2.05) is 54.6 Å². The first kappa shape index (κ1) is 22.2. The Morgan fingerprint density at radius 1 is 1.07 bits per heavy atom. The number of carbonyl (C=O) groups excluding carboxylic acids is 1. The number of anilines is 1. The molecule has 2 N–H and O–H groups in total. The molecule has 154 valence electrons. The zero-order chi connectivity index (χ0) is 21.3. The summed E-state index contributed by atoms with van der Waals surface area (Å²) in [6.45, 7) is 0.430. The Morgan fingerprint density at radius 3 is 2.63 bits per heavy atom. The van der Waals surface area contributed by atoms with Crippen molar-refractivity contribution in [1.29, 1.82) is 0 Å². The largest absolute Gasteiger partial charge is 0.489 e. The molecule has 0 saturated carbocycles. The van der Waals surface area contributed by atoms with Crippen molar-refractivity contribution in [3.05, 3.63) is 92.4 Å². The molecular formula is C22H18BrCl2N3O2. The normalized spacial score (nSPS) is 10.8. The third-order valence-corrected chi connectivity index (χ3v) is 5.08. The van der Waals surface area contributed by atoms with Gasteiger partial charge in [-0.05, 0) is 54.1 Å². The Morgan fingerprint density at radius 2 is 1.87 bits per heavy atom. The molecule has 30 heavy (non-hydrogen) atoms. The fourth-order valence-electron chi connectivity index (χ4n) is 2.45. The van der Waals surface area contributed by atoms with Crippen LogP contribution in [0.3, 0.4) is 0 Å². The number of carbonyl (C=O) groups is 1. The highest BCUT2D eigenvalue weighted by Crippen LogP contribution is 2.23. The maximum Gasteiger partial charge on any atom is 0.259 e. The predicted octanol–water partition coefficient (Wildman–Crippen LogP) is 5.90. The van der Waals surface area contributed by atoms with Crippen LogP contribution in [0, 0.1) is 0 Å². The summed E-state index contributed by atoms with van der Waals surface area (Å²) in [5, 5.41) is 8.15. The van der Waals surface area contributed by atoms with E-state index in [2.05, 4.69) is 31.8 Å². The number of ether oxygens (including phenoxy) is 1. The van der Waals surface area contributed by atoms with Gasteiger partial charge >= 0.3 is 0 Å². The van der Waals surface area contributed by atoms with Gasteiger partial charge in [0.25, 0.3) is 5.91 Å². The smallest absolute Gasteiger partial charge is 0.259 e. The van der Waals surface area contributed by atoms with Crippen molar-refractivity contribution >= 4 is 56.9 Å². The lowest BCUT2D eigenvalue weighted by Gasteiger charge is -2.08. The van der Waals surface area contributed by atoms with E-state index >= 15 is 0 Å². The zero-order valence-electron chi connectivity index (χ0n) is 15.7. The Bertz CT molecular complexity index is 1040. The molecule has 8 heteroatoms. The van der Waals surface area contributed by atoms with Crippen LogP contribution >= 0.6 is 39.1 Å². The van der Waals surface area contributed by atoms with Crippen LogP contribution in [-0.2, 0) is 11.4 Å². The first-order valence-corrected chi connectivity index (χ1v) is 10.5. The van der Waals surface area contributed by atoms with Crippen LogP contribution in [0.15, 0.2) is 76.3 Å². The molecule has 3 aromatic carbocycles. The summed E-state index contributed by atoms with van der Waals surface area (Å²) in [5.74, 6) is 0.409. The molecule has 3 rings (SSSR count). The van der Waals surface area contributed by atoms with Gasteiger partial charge in [0.1, 0.15) is 12.4 Å². The number of nitrogens with zero attached hydrogens (tertiary/aromatic N) is 1. The number of hydrazone groups is 1. The van der Waals surface area contributed by atoms with Gasteiger partial charge in [0.05, 0.1) is 12.8 Å². The van der Waals surface area contributed by atoms with Crippen LogP contribution in [0.4, 0.5) is 5.69 Å². The summed E-state index contributed by atoms with van der Waals surface area (Å²) in [5.41, 5.74) is 4.97. The number of rotatable bonds is 8. The molecule has 0 aromatic heterocycles. The average molecular weight is 507 g/mol. The maximum atomic E-state index is 11.9. The average Bonchev–Trinajstić information content (AvgIpc) is 2.73. The predicted molar refractivity (Wildman–Crippen MR) is 126 cm³/mol. The van der Waals surface area contributed by atoms with Gasteiger partial charge in [-0.1, -0.05) is 57.3 Å². The number of halogens is 3. The van der Waals surface area contributed by atoms with Crippen molar-refractivity contribution < 1.29 is 9.53 Å². The third-order valence-electron chi connectivity index (χ3n) is 3.97. The molecule has 0 radical (unpaired) electrons. The summed E-state index contributed by atoms with van der Waals surface area (Å²) in [6.07, 6.45) is 1.56. The van der Waals surface area contributed by atoms with Crippen LogP contribution in [0.2, 0.25) is 10.0 Å². The molecule has 0 fully saturated rings. The number of hydrogen-bond donors (Lipinski definition) is 2. The van der Waals surface area contributed by atoms with Crippen molar-refractivity contribution in [3.63, 3.8) is 0 Å². The number of benzene rings is 3. The van der Waals surface area contributed by atoms with Crippen molar-refractivity contribution in [2.75, 3.05) is 11.9 Å². The molecule has 0 unspecified atom stereocenters. The first-order valence-electron chi connectivity index (χ1n) is 8.98. The molecule has 3 aromatic rings. The van der Waals surface area contributed by atoms with E-state index in [4.69, 9.17) is 27.9 Å². The maximum absolute atomic E-state index is 11.9. The minimum atomic E-state index is -0.251. The van der Waals surface area contributed by atoms with E-state index in [-0.39, 0.29) is 12.5 Å². The van der Waals surface area contributed by atoms with Crippen LogP contribution < -0.4 is 15.5 Å². The van der Waals surface area contributed by atoms with Gasteiger partial charge in [0.15, 0.2) is 0 Å². The molecule has 5 nitrogen and oxygen atoms in total. The monoisotopic (exact) mass is 505 g/mol. The van der Waals surface area contributed by atoms with Crippen molar-refractivity contribution in [3.8, 4) is 5.75 Å². The second-order valence-corrected chi connectivity index (χ2v) is 8.01. The highest BCUT2D eigenvalue weighted by atomic mass is 79.9. The molecule has 0 aliphatic rings. The van der Waals surface area contributed by atoms with Crippen molar-refractivity contribution in [2.24, 2.45) is 5.10 Å². The molecule has 0 atom stereocenters. The van der Waals surface area contributed by atoms with Crippen molar-refractivity contribution in [2.45, 2.75) is 6.61 Å². The summed E-state index contributed by atoms with van der Waals surface area (Å²) >= 11 is 15.4. The van der Waals surface area contributed by atoms with E-state index in [0.717, 1.165) is 21.3 Å². The fraction of sp³-hybridized carbons (Fsp3) is 0.0909. The van der Waals surface area contributed by atoms with Crippen LogP contribution in [0.5, 0.6) is 5.75 Å². The summed E-state index contributed by atoms with van der Waals surface area (Å²) < 4.78 is 6.76. The topological polar surface area (TPSA) is 62.7 Å². The molecule has 0 spiro atoms. The Balaban J connectivity index is 1.48. The number of amides is 1. The zero-order valence-corrected chi connectivity index (χ0v) is 18.8. The second-order valence-electron chi connectivity index (χ2n) is 6.25. The van der Waals surface area contributed by atoms with Crippen molar-refractivity contribution in [1.82, 2.24) is 5.43 Å². The van der Waals surface area contributed by atoms with Crippen LogP contribution in [-0.4, -0.2) is 18.7 Å². The Hall–Kier alpha value is -2.54. The third kappa shape index (κ3) is 7.06. The summed E-state index contributed by atoms with van der Waals surface area (Å²) in [7, 11) is 0. The minimum Gasteiger partial charge on any atom is -0.489 e. The van der Waals surface area contributed by atoms with Crippen LogP contribution in [0.25, 0.3) is 0 Å². The van der Waals surface area contributed by atoms with E-state index in [1.54, 1.807) is 18.3 Å². The molecule has 0 aliphatic heterocycles. The fourth-order valence-corrected chi connectivity index (χ4v) is 3.18. The van der Waals surface area contributed by atoms with E-state index in [0.29, 0.717) is 22.4 Å². The molecule has 0 bridgehead atoms. The van der Waals surface area contributed by atoms with E-state index < -0.39 is 0 Å². The Labute approximate surface area is 193 Å². The lowest BCUT2D eigenvalue weighted by molar-refractivity contribution is -0.119. The van der Waals surface area contributed by atoms with E-state index in [9.17, 15) is 4.79 Å². The minimum absolute atomic E-state index is 0.115. The van der Waals surface area contributed by atoms with Gasteiger partial charge < -0.3 is 10.1 Å². The molecule has 1 amide bonds. The second kappa shape index (κ2) is 11.0. The van der Waals surface area contributed by atoms with Gasteiger partial charge in [0, 0.05) is 25.8 Å². The van der Waals surface area contributed by atoms with Gasteiger partial charge in [0.2, 0.25) is 0 Å². The SMILES string of the molecule is O=C(CNc1ccc(Br)cc1)N/N=C\c1cccc(OCc2ccc(Cl)cc2Cl)c1. The van der Waals surface area contributed by atoms with Gasteiger partial charge in [-0.3, -0.25) is 4.79 Å². The van der Waals surface area contributed by atoms with Gasteiger partial charge in [-0.15, -0.1) is 0 Å². The number of hydrogen-bond acceptors (Lipinski definition) is 4. The standard InChI is InChI=1S/C22H18BrCl2N3O2/c23-17-5-8-19(9-6-17)26-13-22(29)28-27-12-15-2-1-3-20(10-15)30-14-16-4-7-18(24)11-21(16)25/h1-12,26H,13-14H2,(H,28,29)/b27-12-. The van der Waals surface area contributed by atoms with Gasteiger partial charge in [-0.2, -0.15) is 5.10 Å². The van der Waals surface area contributed by atoms with Crippen LogP contribution in [0.1, 0.15) is 11.1 Å². The highest BCUT2D eigenvalue weighted by Gasteiger charge is 2.03. The first-order chi connectivity index (χ1) is 14.5. The lowest BCUT2D eigenvalue weighted by Crippen LogP contribution is -2.25. The summed E-state index contributed by atoms with van der Waals surface area (Å²) in [4.78, 5) is 11.9. The summed E-state index contributed by atoms with van der Waals surface area (Å²) in [6, 6.07) is 20.2. The quantitative estimate of drug-likeness (QED) is 0.295. The Kier molecular flexibility index (Phi) is 8.13. The molecular weight excluding hydrogens is 489 g/mol. The molecule has 0 saturated heterocycles. The number of nitrogens with one attached hydrogen (secondary N) is 2.